The number of imidazole rings is 1. The SMILES string of the molecule is CCn1cc(S(=O)(=O)NCCNCCOC)nc1C.Cl. The molecule has 0 saturated heterocycles. The molecule has 2 N–H and O–H groups in total. The predicted octanol–water partition coefficient (Wildman–Crippen LogP) is 0.148. The molecule has 0 unspecified atom stereocenters. The third kappa shape index (κ3) is 5.76. The quantitative estimate of drug-likeness (QED) is 0.631. The predicted molar refractivity (Wildman–Crippen MR) is 79.8 cm³/mol. The third-order valence-electron chi connectivity index (χ3n) is 2.65. The molecular formula is C11H23ClN4O3S. The van der Waals surface area contributed by atoms with E-state index in [9.17, 15) is 8.42 Å². The van der Waals surface area contributed by atoms with Gasteiger partial charge in [0.1, 0.15) is 5.82 Å². The Kier molecular flexibility index (Phi) is 8.99. The van der Waals surface area contributed by atoms with E-state index in [0.29, 0.717) is 38.6 Å². The first-order valence-corrected chi connectivity index (χ1v) is 7.72. The molecule has 1 rings (SSSR count). The van der Waals surface area contributed by atoms with Crippen molar-refractivity contribution in [2.75, 3.05) is 33.4 Å². The molecule has 0 amide bonds. The summed E-state index contributed by atoms with van der Waals surface area (Å²) in [6.45, 7) is 6.61. The highest BCUT2D eigenvalue weighted by molar-refractivity contribution is 7.89. The lowest BCUT2D eigenvalue weighted by atomic mass is 10.6. The van der Waals surface area contributed by atoms with Gasteiger partial charge in [0, 0.05) is 39.5 Å². The molecule has 0 saturated carbocycles. The van der Waals surface area contributed by atoms with E-state index in [4.69, 9.17) is 4.74 Å². The van der Waals surface area contributed by atoms with Gasteiger partial charge in [-0.25, -0.2) is 18.1 Å². The molecule has 0 fully saturated rings. The lowest BCUT2D eigenvalue weighted by Crippen LogP contribution is -2.33. The van der Waals surface area contributed by atoms with Crippen molar-refractivity contribution in [2.45, 2.75) is 25.4 Å². The second-order valence-corrected chi connectivity index (χ2v) is 5.77. The Morgan fingerprint density at radius 2 is 2.05 bits per heavy atom. The maximum atomic E-state index is 12.0. The lowest BCUT2D eigenvalue weighted by Gasteiger charge is -2.05. The van der Waals surface area contributed by atoms with E-state index in [1.807, 2.05) is 6.92 Å². The minimum atomic E-state index is -3.52. The Labute approximate surface area is 126 Å². The van der Waals surface area contributed by atoms with Gasteiger partial charge in [-0.05, 0) is 13.8 Å². The number of aryl methyl sites for hydroxylation is 2. The van der Waals surface area contributed by atoms with Crippen LogP contribution in [-0.4, -0.2) is 51.3 Å². The van der Waals surface area contributed by atoms with E-state index in [1.165, 1.54) is 0 Å². The van der Waals surface area contributed by atoms with Crippen molar-refractivity contribution in [1.82, 2.24) is 19.6 Å². The Morgan fingerprint density at radius 1 is 1.35 bits per heavy atom. The first kappa shape index (κ1) is 19.3. The summed E-state index contributed by atoms with van der Waals surface area (Å²) >= 11 is 0. The second kappa shape index (κ2) is 9.30. The summed E-state index contributed by atoms with van der Waals surface area (Å²) in [7, 11) is -1.90. The fourth-order valence-electron chi connectivity index (χ4n) is 1.58. The van der Waals surface area contributed by atoms with Gasteiger partial charge in [0.2, 0.25) is 0 Å². The van der Waals surface area contributed by atoms with Crippen LogP contribution in [0.2, 0.25) is 0 Å². The molecule has 0 bridgehead atoms. The van der Waals surface area contributed by atoms with Gasteiger partial charge in [-0.1, -0.05) is 0 Å². The number of methoxy groups -OCH3 is 1. The number of ether oxygens (including phenoxy) is 1. The lowest BCUT2D eigenvalue weighted by molar-refractivity contribution is 0.199. The highest BCUT2D eigenvalue weighted by atomic mass is 35.5. The zero-order valence-corrected chi connectivity index (χ0v) is 13.7. The summed E-state index contributed by atoms with van der Waals surface area (Å²) in [6.07, 6.45) is 1.55. The standard InChI is InChI=1S/C11H22N4O3S.ClH/c1-4-15-9-11(14-10(15)2)19(16,17)13-6-5-12-7-8-18-3;/h9,12-13H,4-8H2,1-3H3;1H. The number of nitrogens with one attached hydrogen (secondary N) is 2. The van der Waals surface area contributed by atoms with Gasteiger partial charge >= 0.3 is 0 Å². The number of nitrogens with zero attached hydrogens (tertiary/aromatic N) is 2. The fourth-order valence-corrected chi connectivity index (χ4v) is 2.61. The Balaban J connectivity index is 0.00000361. The molecule has 9 heteroatoms. The van der Waals surface area contributed by atoms with Crippen LogP contribution in [0.25, 0.3) is 0 Å². The smallest absolute Gasteiger partial charge is 0.259 e. The molecule has 118 valence electrons. The number of rotatable bonds is 9. The van der Waals surface area contributed by atoms with E-state index in [-0.39, 0.29) is 17.4 Å². The van der Waals surface area contributed by atoms with Crippen molar-refractivity contribution < 1.29 is 13.2 Å². The van der Waals surface area contributed by atoms with Gasteiger partial charge in [-0.2, -0.15) is 0 Å². The van der Waals surface area contributed by atoms with Crippen LogP contribution in [-0.2, 0) is 21.3 Å². The fraction of sp³-hybridized carbons (Fsp3) is 0.727. The van der Waals surface area contributed by atoms with Crippen LogP contribution in [0.1, 0.15) is 12.7 Å². The van der Waals surface area contributed by atoms with Gasteiger partial charge in [0.25, 0.3) is 10.0 Å². The normalized spacial score (nSPS) is 11.3. The summed E-state index contributed by atoms with van der Waals surface area (Å²) in [5.74, 6) is 0.695. The summed E-state index contributed by atoms with van der Waals surface area (Å²) in [6, 6.07) is 0. The monoisotopic (exact) mass is 326 g/mol. The number of hydrogen-bond donors (Lipinski definition) is 2. The minimum Gasteiger partial charge on any atom is -0.383 e. The highest BCUT2D eigenvalue weighted by Gasteiger charge is 2.17. The van der Waals surface area contributed by atoms with Crippen molar-refractivity contribution in [3.8, 4) is 0 Å². The van der Waals surface area contributed by atoms with Crippen molar-refractivity contribution in [3.05, 3.63) is 12.0 Å². The maximum Gasteiger partial charge on any atom is 0.259 e. The van der Waals surface area contributed by atoms with Crippen LogP contribution in [0.3, 0.4) is 0 Å². The first-order chi connectivity index (χ1) is 9.01. The van der Waals surface area contributed by atoms with Gasteiger partial charge in [0.15, 0.2) is 5.03 Å². The molecule has 1 heterocycles. The average molecular weight is 327 g/mol. The van der Waals surface area contributed by atoms with Crippen LogP contribution < -0.4 is 10.0 Å². The summed E-state index contributed by atoms with van der Waals surface area (Å²) < 4.78 is 33.1. The van der Waals surface area contributed by atoms with Crippen molar-refractivity contribution in [1.29, 1.82) is 0 Å². The molecule has 0 aliphatic rings. The van der Waals surface area contributed by atoms with Crippen LogP contribution in [0, 0.1) is 6.92 Å². The summed E-state index contributed by atoms with van der Waals surface area (Å²) in [5.41, 5.74) is 0. The zero-order valence-electron chi connectivity index (χ0n) is 12.0. The number of aromatic nitrogens is 2. The van der Waals surface area contributed by atoms with Crippen LogP contribution >= 0.6 is 12.4 Å². The highest BCUT2D eigenvalue weighted by Crippen LogP contribution is 2.08. The molecule has 0 aliphatic heterocycles. The molecular weight excluding hydrogens is 304 g/mol. The molecule has 20 heavy (non-hydrogen) atoms. The molecule has 0 aromatic carbocycles. The first-order valence-electron chi connectivity index (χ1n) is 6.24. The van der Waals surface area contributed by atoms with E-state index in [1.54, 1.807) is 24.8 Å². The van der Waals surface area contributed by atoms with E-state index >= 15 is 0 Å². The Hall–Kier alpha value is -0.670. The van der Waals surface area contributed by atoms with Crippen molar-refractivity contribution >= 4 is 22.4 Å². The topological polar surface area (TPSA) is 85.2 Å². The molecule has 1 aromatic heterocycles. The van der Waals surface area contributed by atoms with Crippen molar-refractivity contribution in [3.63, 3.8) is 0 Å². The van der Waals surface area contributed by atoms with Gasteiger partial charge < -0.3 is 14.6 Å². The van der Waals surface area contributed by atoms with Gasteiger partial charge in [-0.15, -0.1) is 12.4 Å². The van der Waals surface area contributed by atoms with E-state index < -0.39 is 10.0 Å². The minimum absolute atomic E-state index is 0. The molecule has 0 aliphatic carbocycles. The number of hydrogen-bond acceptors (Lipinski definition) is 5. The van der Waals surface area contributed by atoms with Crippen LogP contribution in [0.5, 0.6) is 0 Å². The van der Waals surface area contributed by atoms with Crippen LogP contribution in [0.4, 0.5) is 0 Å². The van der Waals surface area contributed by atoms with E-state index in [2.05, 4.69) is 15.0 Å². The Morgan fingerprint density at radius 3 is 2.60 bits per heavy atom. The third-order valence-corrected chi connectivity index (χ3v) is 3.98. The van der Waals surface area contributed by atoms with Crippen LogP contribution in [0.15, 0.2) is 11.2 Å². The maximum absolute atomic E-state index is 12.0. The second-order valence-electron chi connectivity index (χ2n) is 4.05. The largest absolute Gasteiger partial charge is 0.383 e. The van der Waals surface area contributed by atoms with Gasteiger partial charge in [-0.3, -0.25) is 0 Å². The summed E-state index contributed by atoms with van der Waals surface area (Å²) in [4.78, 5) is 4.05. The van der Waals surface area contributed by atoms with Crippen molar-refractivity contribution in [2.24, 2.45) is 0 Å². The zero-order chi connectivity index (χ0) is 14.3. The molecule has 7 nitrogen and oxygen atoms in total. The number of halogens is 1. The van der Waals surface area contributed by atoms with Gasteiger partial charge in [0.05, 0.1) is 6.61 Å². The molecule has 0 spiro atoms. The summed E-state index contributed by atoms with van der Waals surface area (Å²) in [5, 5.41) is 3.13. The average Bonchev–Trinajstić information content (AvgIpc) is 2.76. The van der Waals surface area contributed by atoms with E-state index in [0.717, 1.165) is 0 Å². The number of sulfonamides is 1. The molecule has 0 atom stereocenters. The molecule has 1 aromatic rings. The Bertz CT molecular complexity index is 490. The molecule has 0 radical (unpaired) electrons.